The molecule has 1 aromatic rings. The Morgan fingerprint density at radius 3 is 2.55 bits per heavy atom. The topological polar surface area (TPSA) is 54.4 Å². The van der Waals surface area contributed by atoms with Crippen LogP contribution in [0, 0.1) is 11.3 Å². The van der Waals surface area contributed by atoms with E-state index in [1.54, 1.807) is 12.1 Å². The van der Waals surface area contributed by atoms with E-state index >= 15 is 0 Å². The Bertz CT molecular complexity index is 538. The lowest BCUT2D eigenvalue weighted by Crippen LogP contribution is -2.25. The van der Waals surface area contributed by atoms with Gasteiger partial charge in [-0.3, -0.25) is 4.79 Å². The summed E-state index contributed by atoms with van der Waals surface area (Å²) in [6.07, 6.45) is 3.37. The Labute approximate surface area is 120 Å². The molecule has 0 unspecified atom stereocenters. The third-order valence-electron chi connectivity index (χ3n) is 4.09. The number of aryl methyl sites for hydroxylation is 1. The number of Topliss-reactive ketones (excluding diaryl/α,β-unsaturated/α-hetero) is 1. The summed E-state index contributed by atoms with van der Waals surface area (Å²) in [5.74, 6) is -0.251. The molecule has 0 saturated carbocycles. The summed E-state index contributed by atoms with van der Waals surface area (Å²) >= 11 is 0. The smallest absolute Gasteiger partial charge is 0.335 e. The molecule has 0 fully saturated rings. The number of carbonyl (C=O) groups excluding carboxylic acids is 1. The molecule has 0 saturated heterocycles. The second-order valence-corrected chi connectivity index (χ2v) is 6.77. The van der Waals surface area contributed by atoms with Crippen LogP contribution in [0.3, 0.4) is 0 Å². The van der Waals surface area contributed by atoms with Crippen molar-refractivity contribution >= 4 is 11.8 Å². The minimum atomic E-state index is -0.888. The van der Waals surface area contributed by atoms with Crippen LogP contribution in [-0.4, -0.2) is 16.9 Å². The van der Waals surface area contributed by atoms with Crippen molar-refractivity contribution in [3.8, 4) is 0 Å². The molecule has 0 radical (unpaired) electrons. The van der Waals surface area contributed by atoms with Crippen LogP contribution in [0.4, 0.5) is 0 Å². The van der Waals surface area contributed by atoms with Gasteiger partial charge in [0.15, 0.2) is 0 Å². The largest absolute Gasteiger partial charge is 0.478 e. The Morgan fingerprint density at radius 1 is 1.25 bits per heavy atom. The number of hydrogen-bond donors (Lipinski definition) is 1. The van der Waals surface area contributed by atoms with Gasteiger partial charge in [0.1, 0.15) is 5.78 Å². The van der Waals surface area contributed by atoms with E-state index in [4.69, 9.17) is 5.11 Å². The van der Waals surface area contributed by atoms with Gasteiger partial charge in [-0.05, 0) is 48.4 Å². The highest BCUT2D eigenvalue weighted by atomic mass is 16.4. The fourth-order valence-corrected chi connectivity index (χ4v) is 2.71. The zero-order valence-electron chi connectivity index (χ0n) is 12.4. The highest BCUT2D eigenvalue weighted by molar-refractivity contribution is 5.88. The lowest BCUT2D eigenvalue weighted by molar-refractivity contribution is -0.127. The Kier molecular flexibility index (Phi) is 3.98. The van der Waals surface area contributed by atoms with E-state index in [2.05, 4.69) is 0 Å². The number of fused-ring (bicyclic) bond motifs is 1. The SMILES string of the molecule is CC(C)(C)C(=O)C[C@H]1CCc2ccc(C(=O)O)cc2C1. The van der Waals surface area contributed by atoms with Gasteiger partial charge in [0.05, 0.1) is 5.56 Å². The van der Waals surface area contributed by atoms with E-state index in [0.29, 0.717) is 23.7 Å². The Hall–Kier alpha value is -1.64. The molecule has 1 aliphatic carbocycles. The summed E-state index contributed by atoms with van der Waals surface area (Å²) < 4.78 is 0. The molecule has 108 valence electrons. The molecule has 0 heterocycles. The minimum Gasteiger partial charge on any atom is -0.478 e. The van der Waals surface area contributed by atoms with Crippen LogP contribution in [-0.2, 0) is 17.6 Å². The second kappa shape index (κ2) is 5.39. The number of carbonyl (C=O) groups is 2. The van der Waals surface area contributed by atoms with Gasteiger partial charge in [-0.15, -0.1) is 0 Å². The van der Waals surface area contributed by atoms with Crippen molar-refractivity contribution in [1.82, 2.24) is 0 Å². The molecule has 0 spiro atoms. The fourth-order valence-electron chi connectivity index (χ4n) is 2.71. The molecule has 1 atom stereocenters. The Morgan fingerprint density at radius 2 is 1.95 bits per heavy atom. The zero-order valence-corrected chi connectivity index (χ0v) is 12.4. The molecule has 0 aliphatic heterocycles. The average molecular weight is 274 g/mol. The van der Waals surface area contributed by atoms with Crippen molar-refractivity contribution in [3.63, 3.8) is 0 Å². The van der Waals surface area contributed by atoms with Crippen molar-refractivity contribution in [3.05, 3.63) is 34.9 Å². The molecule has 3 nitrogen and oxygen atoms in total. The highest BCUT2D eigenvalue weighted by Crippen LogP contribution is 2.31. The van der Waals surface area contributed by atoms with Crippen molar-refractivity contribution < 1.29 is 14.7 Å². The zero-order chi connectivity index (χ0) is 14.9. The third-order valence-corrected chi connectivity index (χ3v) is 4.09. The molecule has 1 aliphatic rings. The molecular weight excluding hydrogens is 252 g/mol. The van der Waals surface area contributed by atoms with E-state index in [9.17, 15) is 9.59 Å². The molecule has 1 N–H and O–H groups in total. The van der Waals surface area contributed by atoms with Gasteiger partial charge in [-0.25, -0.2) is 4.79 Å². The maximum atomic E-state index is 12.1. The predicted octanol–water partition coefficient (Wildman–Crippen LogP) is 3.50. The number of aromatic carboxylic acids is 1. The molecule has 3 heteroatoms. The monoisotopic (exact) mass is 274 g/mol. The van der Waals surface area contributed by atoms with Crippen molar-refractivity contribution in [1.29, 1.82) is 0 Å². The van der Waals surface area contributed by atoms with Gasteiger partial charge in [0.25, 0.3) is 0 Å². The summed E-state index contributed by atoms with van der Waals surface area (Å²) in [6.45, 7) is 5.86. The first kappa shape index (κ1) is 14.8. The van der Waals surface area contributed by atoms with Gasteiger partial charge in [0, 0.05) is 11.8 Å². The van der Waals surface area contributed by atoms with Crippen LogP contribution < -0.4 is 0 Å². The molecule has 0 amide bonds. The molecular formula is C17H22O3. The lowest BCUT2D eigenvalue weighted by Gasteiger charge is -2.27. The summed E-state index contributed by atoms with van der Waals surface area (Å²) in [6, 6.07) is 5.35. The summed E-state index contributed by atoms with van der Waals surface area (Å²) in [5.41, 5.74) is 2.38. The van der Waals surface area contributed by atoms with E-state index in [0.717, 1.165) is 24.8 Å². The molecule has 1 aromatic carbocycles. The van der Waals surface area contributed by atoms with Crippen LogP contribution >= 0.6 is 0 Å². The van der Waals surface area contributed by atoms with E-state index in [1.165, 1.54) is 5.56 Å². The second-order valence-electron chi connectivity index (χ2n) is 6.77. The van der Waals surface area contributed by atoms with Gasteiger partial charge in [-0.1, -0.05) is 26.8 Å². The van der Waals surface area contributed by atoms with Gasteiger partial charge < -0.3 is 5.11 Å². The van der Waals surface area contributed by atoms with Gasteiger partial charge in [-0.2, -0.15) is 0 Å². The normalized spacial score (nSPS) is 18.4. The molecule has 0 aromatic heterocycles. The number of benzene rings is 1. The van der Waals surface area contributed by atoms with E-state index < -0.39 is 5.97 Å². The van der Waals surface area contributed by atoms with Crippen LogP contribution in [0.5, 0.6) is 0 Å². The van der Waals surface area contributed by atoms with Gasteiger partial charge in [0.2, 0.25) is 0 Å². The van der Waals surface area contributed by atoms with Crippen LogP contribution in [0.1, 0.15) is 55.1 Å². The van der Waals surface area contributed by atoms with Crippen molar-refractivity contribution in [2.75, 3.05) is 0 Å². The first-order chi connectivity index (χ1) is 9.27. The van der Waals surface area contributed by atoms with Crippen molar-refractivity contribution in [2.24, 2.45) is 11.3 Å². The van der Waals surface area contributed by atoms with E-state index in [-0.39, 0.29) is 5.41 Å². The lowest BCUT2D eigenvalue weighted by atomic mass is 9.77. The quantitative estimate of drug-likeness (QED) is 0.917. The average Bonchev–Trinajstić information content (AvgIpc) is 2.36. The van der Waals surface area contributed by atoms with Crippen molar-refractivity contribution in [2.45, 2.75) is 46.5 Å². The molecule has 20 heavy (non-hydrogen) atoms. The minimum absolute atomic E-state index is 0.289. The first-order valence-corrected chi connectivity index (χ1v) is 7.16. The van der Waals surface area contributed by atoms with Crippen LogP contribution in [0.2, 0.25) is 0 Å². The first-order valence-electron chi connectivity index (χ1n) is 7.16. The summed E-state index contributed by atoms with van der Waals surface area (Å²) in [7, 11) is 0. The molecule has 0 bridgehead atoms. The number of carboxylic acids is 1. The Balaban J connectivity index is 2.12. The standard InChI is InChI=1S/C17H22O3/c1-17(2,3)15(18)9-11-4-5-12-6-7-13(16(19)20)10-14(12)8-11/h6-7,10-11H,4-5,8-9H2,1-3H3,(H,19,20)/t11-/m0/s1. The molecule has 2 rings (SSSR count). The number of rotatable bonds is 3. The predicted molar refractivity (Wildman–Crippen MR) is 78.0 cm³/mol. The third kappa shape index (κ3) is 3.27. The fraction of sp³-hybridized carbons (Fsp3) is 0.529. The number of carboxylic acid groups (broad SMARTS) is 1. The maximum absolute atomic E-state index is 12.1. The van der Waals surface area contributed by atoms with Crippen LogP contribution in [0.25, 0.3) is 0 Å². The summed E-state index contributed by atoms with van der Waals surface area (Å²) in [5, 5.41) is 9.05. The van der Waals surface area contributed by atoms with E-state index in [1.807, 2.05) is 26.8 Å². The number of hydrogen-bond acceptors (Lipinski definition) is 2. The number of ketones is 1. The highest BCUT2D eigenvalue weighted by Gasteiger charge is 2.27. The maximum Gasteiger partial charge on any atom is 0.335 e. The van der Waals surface area contributed by atoms with Gasteiger partial charge >= 0.3 is 5.97 Å². The summed E-state index contributed by atoms with van der Waals surface area (Å²) in [4.78, 5) is 23.1. The van der Waals surface area contributed by atoms with Crippen LogP contribution in [0.15, 0.2) is 18.2 Å².